The van der Waals surface area contributed by atoms with E-state index < -0.39 is 0 Å². The highest BCUT2D eigenvalue weighted by Gasteiger charge is 2.26. The van der Waals surface area contributed by atoms with Gasteiger partial charge in [0.15, 0.2) is 6.23 Å². The first-order valence-corrected chi connectivity index (χ1v) is 20.2. The Morgan fingerprint density at radius 2 is 1.07 bits per heavy atom. The van der Waals surface area contributed by atoms with Gasteiger partial charge in [0.2, 0.25) is 0 Å². The zero-order valence-electron chi connectivity index (χ0n) is 32.1. The minimum absolute atomic E-state index is 0.255. The van der Waals surface area contributed by atoms with Crippen molar-refractivity contribution in [2.24, 2.45) is 0 Å². The van der Waals surface area contributed by atoms with Gasteiger partial charge in [0.1, 0.15) is 5.75 Å². The van der Waals surface area contributed by atoms with Crippen LogP contribution in [0.3, 0.4) is 0 Å². The molecule has 10 aromatic carbocycles. The van der Waals surface area contributed by atoms with Gasteiger partial charge in [0.05, 0.1) is 16.7 Å². The number of hydrogen-bond donors (Lipinski definition) is 1. The molecule has 278 valence electrons. The quantitative estimate of drug-likeness (QED) is 0.171. The minimum atomic E-state index is -0.255. The number of hydrogen-bond acceptors (Lipinski definition) is 3. The van der Waals surface area contributed by atoms with Crippen molar-refractivity contribution in [2.75, 3.05) is 10.2 Å². The smallest absolute Gasteiger partial charge is 0.196 e. The van der Waals surface area contributed by atoms with Crippen LogP contribution < -0.4 is 15.0 Å². The van der Waals surface area contributed by atoms with Crippen molar-refractivity contribution in [1.29, 1.82) is 0 Å². The van der Waals surface area contributed by atoms with Crippen LogP contribution in [0.25, 0.3) is 70.9 Å². The number of fused-ring (bicyclic) bond motifs is 9. The number of nitrogens with zero attached hydrogens (tertiary/aromatic N) is 2. The molecule has 59 heavy (non-hydrogen) atoms. The molecule has 0 amide bonds. The monoisotopic (exact) mass is 755 g/mol. The molecule has 0 spiro atoms. The summed E-state index contributed by atoms with van der Waals surface area (Å²) >= 11 is 0. The first kappa shape index (κ1) is 33.3. The van der Waals surface area contributed by atoms with Crippen molar-refractivity contribution < 1.29 is 4.74 Å². The van der Waals surface area contributed by atoms with Crippen molar-refractivity contribution in [3.05, 3.63) is 218 Å². The first-order chi connectivity index (χ1) is 29.2. The first-order valence-electron chi connectivity index (χ1n) is 20.2. The maximum absolute atomic E-state index is 6.53. The number of para-hydroxylation sites is 2. The fourth-order valence-corrected chi connectivity index (χ4v) is 9.16. The van der Waals surface area contributed by atoms with Crippen LogP contribution in [0.2, 0.25) is 0 Å². The molecule has 0 radical (unpaired) electrons. The minimum Gasteiger partial charge on any atom is -0.464 e. The second kappa shape index (κ2) is 13.4. The summed E-state index contributed by atoms with van der Waals surface area (Å²) in [6, 6.07) is 76.6. The predicted octanol–water partition coefficient (Wildman–Crippen LogP) is 14.9. The van der Waals surface area contributed by atoms with Crippen LogP contribution in [0.15, 0.2) is 212 Å². The van der Waals surface area contributed by atoms with Gasteiger partial charge in [-0.1, -0.05) is 140 Å². The zero-order chi connectivity index (χ0) is 38.9. The molecule has 2 heterocycles. The Hall–Kier alpha value is -7.82. The van der Waals surface area contributed by atoms with Crippen LogP contribution in [-0.2, 0) is 0 Å². The molecule has 0 aliphatic carbocycles. The van der Waals surface area contributed by atoms with Crippen LogP contribution >= 0.6 is 0 Å². The van der Waals surface area contributed by atoms with Gasteiger partial charge in [-0.2, -0.15) is 0 Å². The lowest BCUT2D eigenvalue weighted by Crippen LogP contribution is -2.10. The van der Waals surface area contributed by atoms with Crippen molar-refractivity contribution in [3.63, 3.8) is 0 Å². The molecule has 11 aromatic rings. The summed E-state index contributed by atoms with van der Waals surface area (Å²) in [6.07, 6.45) is -0.255. The fourth-order valence-electron chi connectivity index (χ4n) is 9.16. The number of benzene rings is 10. The van der Waals surface area contributed by atoms with E-state index in [-0.39, 0.29) is 6.23 Å². The van der Waals surface area contributed by atoms with Crippen LogP contribution in [-0.4, -0.2) is 4.57 Å². The van der Waals surface area contributed by atoms with Gasteiger partial charge in [0.25, 0.3) is 0 Å². The van der Waals surface area contributed by atoms with E-state index in [1.807, 2.05) is 6.07 Å². The van der Waals surface area contributed by atoms with E-state index in [4.69, 9.17) is 4.74 Å². The molecular weight excluding hydrogens is 719 g/mol. The lowest BCUT2D eigenvalue weighted by molar-refractivity contribution is 0.260. The normalized spacial score (nSPS) is 13.5. The third-order valence-corrected chi connectivity index (χ3v) is 11.9. The highest BCUT2D eigenvalue weighted by molar-refractivity contribution is 6.16. The van der Waals surface area contributed by atoms with Crippen LogP contribution in [0, 0.1) is 0 Å². The molecular formula is C55H37N3O. The molecule has 1 aromatic heterocycles. The van der Waals surface area contributed by atoms with Crippen LogP contribution in [0.4, 0.5) is 22.7 Å². The summed E-state index contributed by atoms with van der Waals surface area (Å²) in [5, 5.41) is 13.3. The van der Waals surface area contributed by atoms with Gasteiger partial charge in [-0.3, -0.25) is 0 Å². The summed E-state index contributed by atoms with van der Waals surface area (Å²) in [5.41, 5.74) is 11.2. The highest BCUT2D eigenvalue weighted by Crippen LogP contribution is 2.47. The molecule has 4 nitrogen and oxygen atoms in total. The Morgan fingerprint density at radius 3 is 1.95 bits per heavy atom. The van der Waals surface area contributed by atoms with Gasteiger partial charge in [0, 0.05) is 44.5 Å². The lowest BCUT2D eigenvalue weighted by atomic mass is 9.98. The molecule has 0 saturated carbocycles. The maximum atomic E-state index is 6.53. The molecule has 4 heteroatoms. The summed E-state index contributed by atoms with van der Waals surface area (Å²) in [6.45, 7) is 0. The number of anilines is 4. The van der Waals surface area contributed by atoms with Crippen LogP contribution in [0.1, 0.15) is 11.8 Å². The van der Waals surface area contributed by atoms with Crippen molar-refractivity contribution >= 4 is 76.9 Å². The van der Waals surface area contributed by atoms with Gasteiger partial charge >= 0.3 is 0 Å². The van der Waals surface area contributed by atoms with E-state index in [1.54, 1.807) is 0 Å². The Balaban J connectivity index is 1.07. The van der Waals surface area contributed by atoms with E-state index in [0.29, 0.717) is 0 Å². The molecule has 0 fully saturated rings. The molecule has 0 saturated heterocycles. The SMILES string of the molecule is c1ccc(C2Nc3c(ccc4ccc5ccc(N(c6cccc(-c7ccc8ccccc8c7)c6)c6ccc7c(c6)c6ccccc6n7-c6ccccc6)cc5c34)O2)cc1. The van der Waals surface area contributed by atoms with Crippen LogP contribution in [0.5, 0.6) is 5.75 Å². The highest BCUT2D eigenvalue weighted by atomic mass is 16.5. The second-order valence-corrected chi connectivity index (χ2v) is 15.4. The van der Waals surface area contributed by atoms with Crippen molar-refractivity contribution in [3.8, 4) is 22.6 Å². The Morgan fingerprint density at radius 1 is 0.424 bits per heavy atom. The van der Waals surface area contributed by atoms with Gasteiger partial charge < -0.3 is 19.5 Å². The molecule has 1 N–H and O–H groups in total. The summed E-state index contributed by atoms with van der Waals surface area (Å²) < 4.78 is 8.91. The predicted molar refractivity (Wildman–Crippen MR) is 247 cm³/mol. The molecule has 0 bridgehead atoms. The number of aromatic nitrogens is 1. The van der Waals surface area contributed by atoms with E-state index in [2.05, 4.69) is 221 Å². The third kappa shape index (κ3) is 5.53. The molecule has 1 atom stereocenters. The van der Waals surface area contributed by atoms with Crippen molar-refractivity contribution in [2.45, 2.75) is 6.23 Å². The van der Waals surface area contributed by atoms with E-state index in [0.717, 1.165) is 50.7 Å². The number of ether oxygens (including phenoxy) is 1. The van der Waals surface area contributed by atoms with E-state index >= 15 is 0 Å². The zero-order valence-corrected chi connectivity index (χ0v) is 32.1. The fraction of sp³-hybridized carbons (Fsp3) is 0.0182. The molecule has 1 aliphatic heterocycles. The summed E-state index contributed by atoms with van der Waals surface area (Å²) in [5.74, 6) is 0.865. The summed E-state index contributed by atoms with van der Waals surface area (Å²) in [7, 11) is 0. The van der Waals surface area contributed by atoms with E-state index in [9.17, 15) is 0 Å². The average Bonchev–Trinajstić information content (AvgIpc) is 3.89. The van der Waals surface area contributed by atoms with Crippen molar-refractivity contribution in [1.82, 2.24) is 4.57 Å². The number of nitrogens with one attached hydrogen (secondary N) is 1. The Bertz CT molecular complexity index is 3410. The maximum Gasteiger partial charge on any atom is 0.196 e. The second-order valence-electron chi connectivity index (χ2n) is 15.4. The van der Waals surface area contributed by atoms with Gasteiger partial charge in [-0.15, -0.1) is 0 Å². The largest absolute Gasteiger partial charge is 0.464 e. The summed E-state index contributed by atoms with van der Waals surface area (Å²) in [4.78, 5) is 2.41. The Kier molecular flexibility index (Phi) is 7.57. The average molecular weight is 756 g/mol. The topological polar surface area (TPSA) is 29.4 Å². The standard InChI is InChI=1S/C55H37N3O/c1-3-13-39(14-4-1)55-56-54-52(59-55)31-27-38-24-23-37-26-28-45(34-48(37)53(38)54)57(44-19-11-16-41(33-44)42-25-22-36-12-7-8-15-40(36)32-42)46-29-30-51-49(35-46)47-20-9-10-21-50(47)58(51)43-17-5-2-6-18-43/h1-35,55-56H. The van der Waals surface area contributed by atoms with E-state index in [1.165, 1.54) is 54.3 Å². The molecule has 1 aliphatic rings. The van der Waals surface area contributed by atoms with Gasteiger partial charge in [-0.25, -0.2) is 0 Å². The molecule has 1 unspecified atom stereocenters. The van der Waals surface area contributed by atoms with Gasteiger partial charge in [-0.05, 0) is 111 Å². The number of rotatable bonds is 6. The Labute approximate surface area is 341 Å². The third-order valence-electron chi connectivity index (χ3n) is 11.9. The lowest BCUT2D eigenvalue weighted by Gasteiger charge is -2.27. The molecule has 12 rings (SSSR count).